The number of anilines is 1. The first-order chi connectivity index (χ1) is 8.73. The molecule has 1 aromatic rings. The smallest absolute Gasteiger partial charge is 0.251 e. The summed E-state index contributed by atoms with van der Waals surface area (Å²) in [7, 11) is 0. The molecule has 2 amide bonds. The van der Waals surface area contributed by atoms with Crippen molar-refractivity contribution >= 4 is 28.3 Å². The molecule has 0 aromatic carbocycles. The number of hydrogen-bond donors (Lipinski definition) is 2. The van der Waals surface area contributed by atoms with Crippen molar-refractivity contribution in [2.75, 3.05) is 11.4 Å². The van der Waals surface area contributed by atoms with Gasteiger partial charge in [-0.2, -0.15) is 0 Å². The molecule has 2 rings (SSSR count). The van der Waals surface area contributed by atoms with Gasteiger partial charge in [0.15, 0.2) is 5.13 Å². The maximum Gasteiger partial charge on any atom is 0.251 e. The molecule has 1 atom stereocenters. The number of piperazine rings is 1. The lowest BCUT2D eigenvalue weighted by Gasteiger charge is -2.39. The van der Waals surface area contributed by atoms with E-state index in [1.807, 2.05) is 0 Å². The van der Waals surface area contributed by atoms with E-state index in [4.69, 9.17) is 0 Å². The third-order valence-electron chi connectivity index (χ3n) is 3.22. The van der Waals surface area contributed by atoms with Crippen LogP contribution >= 0.6 is 11.3 Å². The number of nitrogens with zero attached hydrogens (tertiary/aromatic N) is 2. The SMILES string of the molecule is Cc1nc(N2CC(=O)NC(=O)C2(C)C)sc1C(C)O. The second kappa shape index (κ2) is 4.57. The van der Waals surface area contributed by atoms with Crippen LogP contribution in [0.1, 0.15) is 37.4 Å². The Labute approximate surface area is 115 Å². The van der Waals surface area contributed by atoms with Crippen molar-refractivity contribution in [1.29, 1.82) is 0 Å². The molecular weight excluding hydrogens is 266 g/mol. The summed E-state index contributed by atoms with van der Waals surface area (Å²) < 4.78 is 0. The summed E-state index contributed by atoms with van der Waals surface area (Å²) in [4.78, 5) is 30.2. The second-order valence-electron chi connectivity index (χ2n) is 5.14. The molecule has 19 heavy (non-hydrogen) atoms. The van der Waals surface area contributed by atoms with Gasteiger partial charge in [-0.15, -0.1) is 0 Å². The minimum atomic E-state index is -0.839. The Morgan fingerprint density at radius 1 is 1.47 bits per heavy atom. The van der Waals surface area contributed by atoms with Gasteiger partial charge in [-0.1, -0.05) is 11.3 Å². The van der Waals surface area contributed by atoms with Crippen LogP contribution < -0.4 is 10.2 Å². The monoisotopic (exact) mass is 283 g/mol. The first-order valence-corrected chi connectivity index (χ1v) is 6.82. The Balaban J connectivity index is 2.41. The van der Waals surface area contributed by atoms with E-state index >= 15 is 0 Å². The molecule has 0 spiro atoms. The molecule has 0 bridgehead atoms. The van der Waals surface area contributed by atoms with E-state index in [9.17, 15) is 14.7 Å². The molecule has 6 nitrogen and oxygen atoms in total. The lowest BCUT2D eigenvalue weighted by molar-refractivity contribution is -0.135. The van der Waals surface area contributed by atoms with Crippen LogP contribution in [0.5, 0.6) is 0 Å². The third kappa shape index (κ3) is 2.35. The number of carbonyl (C=O) groups is 2. The summed E-state index contributed by atoms with van der Waals surface area (Å²) in [5, 5.41) is 12.6. The summed E-state index contributed by atoms with van der Waals surface area (Å²) in [5.74, 6) is -0.675. The van der Waals surface area contributed by atoms with Crippen LogP contribution in [0.3, 0.4) is 0 Å². The van der Waals surface area contributed by atoms with Crippen LogP contribution in [0.15, 0.2) is 0 Å². The fraction of sp³-hybridized carbons (Fsp3) is 0.583. The van der Waals surface area contributed by atoms with Crippen LogP contribution in [-0.2, 0) is 9.59 Å². The van der Waals surface area contributed by atoms with Gasteiger partial charge in [-0.3, -0.25) is 14.9 Å². The molecule has 104 valence electrons. The number of hydrogen-bond acceptors (Lipinski definition) is 6. The molecule has 2 N–H and O–H groups in total. The van der Waals surface area contributed by atoms with E-state index in [-0.39, 0.29) is 18.4 Å². The average Bonchev–Trinajstić information content (AvgIpc) is 2.66. The molecule has 1 saturated heterocycles. The number of aliphatic hydroxyl groups is 1. The van der Waals surface area contributed by atoms with Crippen molar-refractivity contribution in [2.24, 2.45) is 0 Å². The predicted octanol–water partition coefficient (Wildman–Crippen LogP) is 0.746. The minimum absolute atomic E-state index is 0.0882. The number of aliphatic hydroxyl groups excluding tert-OH is 1. The Morgan fingerprint density at radius 2 is 2.11 bits per heavy atom. The van der Waals surface area contributed by atoms with Crippen LogP contribution in [0.4, 0.5) is 5.13 Å². The van der Waals surface area contributed by atoms with Crippen molar-refractivity contribution in [3.8, 4) is 0 Å². The average molecular weight is 283 g/mol. The number of nitrogens with one attached hydrogen (secondary N) is 1. The number of imide groups is 1. The summed E-state index contributed by atoms with van der Waals surface area (Å²) in [6.07, 6.45) is -0.608. The van der Waals surface area contributed by atoms with Crippen LogP contribution in [-0.4, -0.2) is 34.0 Å². The van der Waals surface area contributed by atoms with Crippen molar-refractivity contribution in [3.05, 3.63) is 10.6 Å². The summed E-state index contributed by atoms with van der Waals surface area (Å²) >= 11 is 1.31. The predicted molar refractivity (Wildman–Crippen MR) is 72.1 cm³/mol. The fourth-order valence-corrected chi connectivity index (χ4v) is 3.13. The molecule has 1 fully saturated rings. The maximum absolute atomic E-state index is 11.9. The number of aromatic nitrogens is 1. The molecule has 1 unspecified atom stereocenters. The molecule has 1 aromatic heterocycles. The lowest BCUT2D eigenvalue weighted by atomic mass is 10.00. The van der Waals surface area contributed by atoms with E-state index in [1.165, 1.54) is 11.3 Å². The zero-order chi connectivity index (χ0) is 14.4. The van der Waals surface area contributed by atoms with Crippen LogP contribution in [0, 0.1) is 6.92 Å². The summed E-state index contributed by atoms with van der Waals surface area (Å²) in [6.45, 7) is 7.05. The molecule has 0 saturated carbocycles. The van der Waals surface area contributed by atoms with Crippen LogP contribution in [0.2, 0.25) is 0 Å². The zero-order valence-corrected chi connectivity index (χ0v) is 12.2. The van der Waals surface area contributed by atoms with Crippen LogP contribution in [0.25, 0.3) is 0 Å². The maximum atomic E-state index is 11.9. The van der Waals surface area contributed by atoms with Crippen molar-refractivity contribution < 1.29 is 14.7 Å². The minimum Gasteiger partial charge on any atom is -0.388 e. The number of rotatable bonds is 2. The molecule has 2 heterocycles. The number of amides is 2. The first kappa shape index (κ1) is 14.0. The molecular formula is C12H17N3O3S. The molecule has 1 aliphatic heterocycles. The number of carbonyl (C=O) groups excluding carboxylic acids is 2. The molecule has 0 aliphatic carbocycles. The fourth-order valence-electron chi connectivity index (χ4n) is 1.99. The van der Waals surface area contributed by atoms with Gasteiger partial charge in [0.05, 0.1) is 16.7 Å². The Bertz CT molecular complexity index is 536. The van der Waals surface area contributed by atoms with Crippen molar-refractivity contribution in [3.63, 3.8) is 0 Å². The quantitative estimate of drug-likeness (QED) is 0.783. The largest absolute Gasteiger partial charge is 0.388 e. The van der Waals surface area contributed by atoms with Gasteiger partial charge in [0, 0.05) is 0 Å². The highest BCUT2D eigenvalue weighted by Gasteiger charge is 2.42. The first-order valence-electron chi connectivity index (χ1n) is 6.00. The number of thiazole rings is 1. The summed E-state index contributed by atoms with van der Waals surface area (Å²) in [6, 6.07) is 0. The lowest BCUT2D eigenvalue weighted by Crippen LogP contribution is -2.64. The van der Waals surface area contributed by atoms with E-state index in [0.29, 0.717) is 5.13 Å². The van der Waals surface area contributed by atoms with E-state index < -0.39 is 11.6 Å². The highest BCUT2D eigenvalue weighted by Crippen LogP contribution is 2.34. The van der Waals surface area contributed by atoms with Gasteiger partial charge < -0.3 is 10.0 Å². The third-order valence-corrected chi connectivity index (χ3v) is 4.57. The highest BCUT2D eigenvalue weighted by molar-refractivity contribution is 7.15. The topological polar surface area (TPSA) is 82.5 Å². The molecule has 1 aliphatic rings. The Morgan fingerprint density at radius 3 is 2.63 bits per heavy atom. The van der Waals surface area contributed by atoms with Crippen molar-refractivity contribution in [1.82, 2.24) is 10.3 Å². The van der Waals surface area contributed by atoms with Gasteiger partial charge >= 0.3 is 0 Å². The highest BCUT2D eigenvalue weighted by atomic mass is 32.1. The molecule has 0 radical (unpaired) electrons. The molecule has 7 heteroatoms. The van der Waals surface area contributed by atoms with Gasteiger partial charge in [-0.05, 0) is 27.7 Å². The Kier molecular flexibility index (Phi) is 3.36. The van der Waals surface area contributed by atoms with E-state index in [0.717, 1.165) is 10.6 Å². The van der Waals surface area contributed by atoms with Gasteiger partial charge in [0.2, 0.25) is 5.91 Å². The van der Waals surface area contributed by atoms with E-state index in [1.54, 1.807) is 32.6 Å². The second-order valence-corrected chi connectivity index (χ2v) is 6.15. The van der Waals surface area contributed by atoms with Crippen molar-refractivity contribution in [2.45, 2.75) is 39.3 Å². The summed E-state index contributed by atoms with van der Waals surface area (Å²) in [5.41, 5.74) is -0.113. The van der Waals surface area contributed by atoms with Gasteiger partial charge in [0.1, 0.15) is 12.1 Å². The van der Waals surface area contributed by atoms with E-state index in [2.05, 4.69) is 10.3 Å². The van der Waals surface area contributed by atoms with Gasteiger partial charge in [0.25, 0.3) is 5.91 Å². The normalized spacial score (nSPS) is 20.4. The number of aryl methyl sites for hydroxylation is 1. The zero-order valence-electron chi connectivity index (χ0n) is 11.4. The van der Waals surface area contributed by atoms with Gasteiger partial charge in [-0.25, -0.2) is 4.98 Å². The standard InChI is InChI=1S/C12H17N3O3S/c1-6-9(7(2)16)19-11(13-6)15-5-8(17)14-10(18)12(15,3)4/h7,16H,5H2,1-4H3,(H,14,17,18). The Hall–Kier alpha value is -1.47.